The summed E-state index contributed by atoms with van der Waals surface area (Å²) < 4.78 is 43.0. The third-order valence-corrected chi connectivity index (χ3v) is 6.42. The molecule has 8 heteroatoms. The quantitative estimate of drug-likeness (QED) is 0.249. The Morgan fingerprint density at radius 2 is 1.49 bits per heavy atom. The number of alkyl halides is 3. The molecule has 5 rings (SSSR count). The van der Waals surface area contributed by atoms with Gasteiger partial charge in [0, 0.05) is 23.8 Å². The van der Waals surface area contributed by atoms with Crippen molar-refractivity contribution in [2.24, 2.45) is 0 Å². The van der Waals surface area contributed by atoms with E-state index < -0.39 is 11.7 Å². The molecular formula is C29H28F3N5. The Kier molecular flexibility index (Phi) is 6.37. The number of aromatic nitrogens is 4. The maximum Gasteiger partial charge on any atom is 0.416 e. The van der Waals surface area contributed by atoms with Gasteiger partial charge < -0.3 is 9.47 Å². The van der Waals surface area contributed by atoms with Crippen molar-refractivity contribution in [1.29, 1.82) is 0 Å². The number of hydrogen-bond donors (Lipinski definition) is 0. The lowest BCUT2D eigenvalue weighted by molar-refractivity contribution is -0.137. The lowest BCUT2D eigenvalue weighted by Gasteiger charge is -2.10. The third-order valence-electron chi connectivity index (χ3n) is 6.42. The molecule has 0 atom stereocenters. The van der Waals surface area contributed by atoms with Crippen molar-refractivity contribution < 1.29 is 13.2 Å². The van der Waals surface area contributed by atoms with Crippen molar-refractivity contribution in [3.05, 3.63) is 95.9 Å². The SMILES string of the molecule is CC(C)c1cn(-c2ccc(-n3cc(CN(C)C)nn3)cc2)c2cc(-c3ccc(C(F)(F)F)cc3)ccc12. The normalized spacial score (nSPS) is 12.2. The Balaban J connectivity index is 1.53. The summed E-state index contributed by atoms with van der Waals surface area (Å²) in [7, 11) is 3.98. The summed E-state index contributed by atoms with van der Waals surface area (Å²) in [4.78, 5) is 2.04. The Bertz CT molecular complexity index is 1530. The summed E-state index contributed by atoms with van der Waals surface area (Å²) in [5.74, 6) is 0.310. The number of hydrogen-bond acceptors (Lipinski definition) is 3. The summed E-state index contributed by atoms with van der Waals surface area (Å²) in [5.41, 5.74) is 5.95. The van der Waals surface area contributed by atoms with E-state index in [4.69, 9.17) is 0 Å². The summed E-state index contributed by atoms with van der Waals surface area (Å²) >= 11 is 0. The van der Waals surface area contributed by atoms with Gasteiger partial charge >= 0.3 is 6.18 Å². The van der Waals surface area contributed by atoms with Gasteiger partial charge in [0.05, 0.1) is 28.7 Å². The third kappa shape index (κ3) is 5.02. The van der Waals surface area contributed by atoms with Crippen LogP contribution in [0.4, 0.5) is 13.2 Å². The van der Waals surface area contributed by atoms with Gasteiger partial charge in [0.1, 0.15) is 0 Å². The van der Waals surface area contributed by atoms with Crippen molar-refractivity contribution in [2.75, 3.05) is 14.1 Å². The molecule has 0 aliphatic rings. The van der Waals surface area contributed by atoms with Crippen molar-refractivity contribution in [3.63, 3.8) is 0 Å². The molecule has 5 aromatic rings. The van der Waals surface area contributed by atoms with Crippen LogP contribution in [0.25, 0.3) is 33.4 Å². The molecule has 0 bridgehead atoms. The molecular weight excluding hydrogens is 475 g/mol. The molecule has 0 saturated carbocycles. The molecule has 0 spiro atoms. The van der Waals surface area contributed by atoms with Crippen LogP contribution in [0, 0.1) is 0 Å². The largest absolute Gasteiger partial charge is 0.416 e. The molecule has 190 valence electrons. The van der Waals surface area contributed by atoms with Crippen LogP contribution in [0.5, 0.6) is 0 Å². The number of nitrogens with zero attached hydrogens (tertiary/aromatic N) is 5. The summed E-state index contributed by atoms with van der Waals surface area (Å²) in [6, 6.07) is 19.5. The lowest BCUT2D eigenvalue weighted by atomic mass is 9.99. The molecule has 0 unspecified atom stereocenters. The summed E-state index contributed by atoms with van der Waals surface area (Å²) in [6.45, 7) is 5.02. The zero-order chi connectivity index (χ0) is 26.3. The topological polar surface area (TPSA) is 38.9 Å². The Labute approximate surface area is 213 Å². The minimum atomic E-state index is -4.35. The highest BCUT2D eigenvalue weighted by atomic mass is 19.4. The minimum Gasteiger partial charge on any atom is -0.316 e. The molecule has 0 amide bonds. The van der Waals surface area contributed by atoms with Gasteiger partial charge in [-0.05, 0) is 79.2 Å². The van der Waals surface area contributed by atoms with Crippen molar-refractivity contribution in [2.45, 2.75) is 32.5 Å². The fraction of sp³-hybridized carbons (Fsp3) is 0.241. The summed E-state index contributed by atoms with van der Waals surface area (Å²) in [6.07, 6.45) is -0.283. The second-order valence-electron chi connectivity index (χ2n) is 9.82. The van der Waals surface area contributed by atoms with Crippen molar-refractivity contribution in [1.82, 2.24) is 24.5 Å². The molecule has 0 fully saturated rings. The Hall–Kier alpha value is -3.91. The van der Waals surface area contributed by atoms with Gasteiger partial charge in [0.15, 0.2) is 0 Å². The van der Waals surface area contributed by atoms with E-state index in [2.05, 4.69) is 41.0 Å². The first kappa shape index (κ1) is 24.8. The fourth-order valence-corrected chi connectivity index (χ4v) is 4.55. The van der Waals surface area contributed by atoms with Gasteiger partial charge in [-0.3, -0.25) is 0 Å². The van der Waals surface area contributed by atoms with Gasteiger partial charge in [0.2, 0.25) is 0 Å². The van der Waals surface area contributed by atoms with E-state index in [0.717, 1.165) is 51.2 Å². The van der Waals surface area contributed by atoms with E-state index in [0.29, 0.717) is 12.5 Å². The molecule has 2 aromatic heterocycles. The molecule has 2 heterocycles. The predicted octanol–water partition coefficient (Wildman–Crippen LogP) is 7.08. The van der Waals surface area contributed by atoms with Gasteiger partial charge in [-0.15, -0.1) is 5.10 Å². The standard InChI is InChI=1S/C29H28F3N5/c1-19(2)27-18-36(24-10-12-25(13-11-24)37-17-23(33-34-37)16-35(3)4)28-15-21(7-14-26(27)28)20-5-8-22(9-6-20)29(30,31)32/h5-15,17-19H,16H2,1-4H3. The molecule has 5 nitrogen and oxygen atoms in total. The van der Waals surface area contributed by atoms with Crippen LogP contribution in [-0.2, 0) is 12.7 Å². The number of fused-ring (bicyclic) bond motifs is 1. The minimum absolute atomic E-state index is 0.310. The van der Waals surface area contributed by atoms with Crippen LogP contribution in [0.15, 0.2) is 79.1 Å². The van der Waals surface area contributed by atoms with E-state index in [-0.39, 0.29) is 0 Å². The smallest absolute Gasteiger partial charge is 0.316 e. The zero-order valence-electron chi connectivity index (χ0n) is 21.2. The van der Waals surface area contributed by atoms with Crippen molar-refractivity contribution in [3.8, 4) is 22.5 Å². The molecule has 0 N–H and O–H groups in total. The second-order valence-corrected chi connectivity index (χ2v) is 9.82. The Morgan fingerprint density at radius 1 is 0.838 bits per heavy atom. The first-order valence-electron chi connectivity index (χ1n) is 12.1. The maximum atomic E-state index is 13.0. The van der Waals surface area contributed by atoms with Crippen LogP contribution >= 0.6 is 0 Å². The average Bonchev–Trinajstić information content (AvgIpc) is 3.48. The molecule has 37 heavy (non-hydrogen) atoms. The zero-order valence-corrected chi connectivity index (χ0v) is 21.2. The molecule has 0 aliphatic carbocycles. The van der Waals surface area contributed by atoms with Crippen LogP contribution in [0.1, 0.15) is 36.6 Å². The van der Waals surface area contributed by atoms with Gasteiger partial charge in [-0.1, -0.05) is 43.3 Å². The molecule has 0 radical (unpaired) electrons. The number of benzene rings is 3. The van der Waals surface area contributed by atoms with Crippen LogP contribution < -0.4 is 0 Å². The van der Waals surface area contributed by atoms with Crippen LogP contribution in [-0.4, -0.2) is 38.6 Å². The van der Waals surface area contributed by atoms with E-state index in [1.807, 2.05) is 61.6 Å². The number of halogens is 3. The summed E-state index contributed by atoms with van der Waals surface area (Å²) in [5, 5.41) is 9.61. The molecule has 0 aliphatic heterocycles. The highest BCUT2D eigenvalue weighted by molar-refractivity contribution is 5.90. The van der Waals surface area contributed by atoms with Crippen molar-refractivity contribution >= 4 is 10.9 Å². The highest BCUT2D eigenvalue weighted by Gasteiger charge is 2.30. The lowest BCUT2D eigenvalue weighted by Crippen LogP contribution is -2.10. The van der Waals surface area contributed by atoms with Crippen LogP contribution in [0.3, 0.4) is 0 Å². The van der Waals surface area contributed by atoms with Crippen LogP contribution in [0.2, 0.25) is 0 Å². The fourth-order valence-electron chi connectivity index (χ4n) is 4.55. The highest BCUT2D eigenvalue weighted by Crippen LogP contribution is 2.35. The molecule has 3 aromatic carbocycles. The van der Waals surface area contributed by atoms with Gasteiger partial charge in [-0.25, -0.2) is 4.68 Å². The van der Waals surface area contributed by atoms with Gasteiger partial charge in [-0.2, -0.15) is 13.2 Å². The van der Waals surface area contributed by atoms with E-state index in [1.165, 1.54) is 17.7 Å². The van der Waals surface area contributed by atoms with E-state index in [1.54, 1.807) is 4.68 Å². The number of rotatable bonds is 6. The monoisotopic (exact) mass is 503 g/mol. The first-order chi connectivity index (χ1) is 17.6. The first-order valence-corrected chi connectivity index (χ1v) is 12.1. The van der Waals surface area contributed by atoms with Gasteiger partial charge in [0.25, 0.3) is 0 Å². The van der Waals surface area contributed by atoms with E-state index in [9.17, 15) is 13.2 Å². The predicted molar refractivity (Wildman–Crippen MR) is 140 cm³/mol. The second kappa shape index (κ2) is 9.52. The molecule has 0 saturated heterocycles. The maximum absolute atomic E-state index is 13.0. The Morgan fingerprint density at radius 3 is 2.11 bits per heavy atom. The average molecular weight is 504 g/mol. The van der Waals surface area contributed by atoms with E-state index >= 15 is 0 Å².